The monoisotopic (exact) mass is 296 g/mol. The molecule has 0 spiro atoms. The van der Waals surface area contributed by atoms with Gasteiger partial charge in [0.05, 0.1) is 11.4 Å². The zero-order valence-electron chi connectivity index (χ0n) is 10.3. The predicted octanol–water partition coefficient (Wildman–Crippen LogP) is 1.85. The molecule has 0 heterocycles. The molecule has 0 atom stereocenters. The number of hydrogen-bond acceptors (Lipinski definition) is 3. The van der Waals surface area contributed by atoms with Gasteiger partial charge in [-0.1, -0.05) is 0 Å². The van der Waals surface area contributed by atoms with Crippen molar-refractivity contribution in [3.63, 3.8) is 0 Å². The van der Waals surface area contributed by atoms with E-state index in [4.69, 9.17) is 0 Å². The van der Waals surface area contributed by atoms with Crippen LogP contribution in [0.1, 0.15) is 12.8 Å². The van der Waals surface area contributed by atoms with Gasteiger partial charge >= 0.3 is 0 Å². The van der Waals surface area contributed by atoms with Crippen LogP contribution in [0.15, 0.2) is 12.1 Å². The van der Waals surface area contributed by atoms with Crippen LogP contribution in [0.5, 0.6) is 0 Å². The minimum Gasteiger partial charge on any atom is -0.320 e. The number of sulfonamides is 1. The molecule has 2 N–H and O–H groups in total. The highest BCUT2D eigenvalue weighted by molar-refractivity contribution is 7.92. The van der Waals surface area contributed by atoms with E-state index in [2.05, 4.69) is 5.32 Å². The Bertz CT molecular complexity index is 535. The number of halogens is 3. The molecule has 8 heteroatoms. The van der Waals surface area contributed by atoms with Crippen molar-refractivity contribution in [1.82, 2.24) is 5.32 Å². The van der Waals surface area contributed by atoms with Crippen LogP contribution in [0.25, 0.3) is 0 Å². The lowest BCUT2D eigenvalue weighted by molar-refractivity contribution is 0.449. The fourth-order valence-corrected chi connectivity index (χ4v) is 2.60. The van der Waals surface area contributed by atoms with Gasteiger partial charge in [0.2, 0.25) is 10.0 Å². The fraction of sp³-hybridized carbons (Fsp3) is 0.455. The van der Waals surface area contributed by atoms with Crippen molar-refractivity contribution in [2.75, 3.05) is 24.1 Å². The van der Waals surface area contributed by atoms with Gasteiger partial charge < -0.3 is 5.32 Å². The Labute approximate surface area is 110 Å². The van der Waals surface area contributed by atoms with E-state index >= 15 is 0 Å². The van der Waals surface area contributed by atoms with Crippen molar-refractivity contribution in [2.24, 2.45) is 0 Å². The first-order valence-electron chi connectivity index (χ1n) is 5.66. The molecule has 0 aliphatic rings. The van der Waals surface area contributed by atoms with Crippen molar-refractivity contribution in [1.29, 1.82) is 0 Å². The van der Waals surface area contributed by atoms with Gasteiger partial charge in [-0.2, -0.15) is 0 Å². The summed E-state index contributed by atoms with van der Waals surface area (Å²) in [5.74, 6) is -4.82. The van der Waals surface area contributed by atoms with E-state index in [0.29, 0.717) is 25.5 Å². The highest BCUT2D eigenvalue weighted by Gasteiger charge is 2.17. The Hall–Kier alpha value is -1.28. The van der Waals surface area contributed by atoms with Crippen LogP contribution in [0.2, 0.25) is 0 Å². The molecule has 0 aromatic heterocycles. The average molecular weight is 296 g/mol. The average Bonchev–Trinajstić information content (AvgIpc) is 2.35. The normalized spacial score (nSPS) is 11.6. The quantitative estimate of drug-likeness (QED) is 0.596. The SMILES string of the molecule is CNCCCCS(=O)(=O)Nc1ccc(F)c(F)c1F. The third-order valence-electron chi connectivity index (χ3n) is 2.39. The number of nitrogens with one attached hydrogen (secondary N) is 2. The molecule has 108 valence electrons. The molecule has 0 aliphatic heterocycles. The Morgan fingerprint density at radius 3 is 2.42 bits per heavy atom. The maximum atomic E-state index is 13.3. The lowest BCUT2D eigenvalue weighted by Crippen LogP contribution is -2.19. The molecule has 1 rings (SSSR count). The van der Waals surface area contributed by atoms with E-state index < -0.39 is 33.2 Å². The Balaban J connectivity index is 2.71. The van der Waals surface area contributed by atoms with Crippen molar-refractivity contribution in [3.8, 4) is 0 Å². The van der Waals surface area contributed by atoms with E-state index in [1.807, 2.05) is 4.72 Å². The Morgan fingerprint density at radius 2 is 1.79 bits per heavy atom. The summed E-state index contributed by atoms with van der Waals surface area (Å²) in [5.41, 5.74) is -0.590. The predicted molar refractivity (Wildman–Crippen MR) is 66.9 cm³/mol. The smallest absolute Gasteiger partial charge is 0.232 e. The van der Waals surface area contributed by atoms with Crippen molar-refractivity contribution in [3.05, 3.63) is 29.6 Å². The Kier molecular flexibility index (Phi) is 5.61. The molecule has 1 aromatic rings. The summed E-state index contributed by atoms with van der Waals surface area (Å²) in [6.45, 7) is 0.662. The molecule has 19 heavy (non-hydrogen) atoms. The second kappa shape index (κ2) is 6.76. The molecular weight excluding hydrogens is 281 g/mol. The first-order chi connectivity index (χ1) is 8.87. The summed E-state index contributed by atoms with van der Waals surface area (Å²) in [6.07, 6.45) is 1.01. The molecule has 0 saturated heterocycles. The van der Waals surface area contributed by atoms with E-state index in [1.54, 1.807) is 7.05 Å². The first-order valence-corrected chi connectivity index (χ1v) is 7.31. The minimum atomic E-state index is -3.77. The molecule has 4 nitrogen and oxygen atoms in total. The van der Waals surface area contributed by atoms with Gasteiger partial charge in [0.1, 0.15) is 0 Å². The molecule has 0 fully saturated rings. The molecule has 1 aromatic carbocycles. The molecular formula is C11H15F3N2O2S. The molecule has 0 radical (unpaired) electrons. The van der Waals surface area contributed by atoms with E-state index in [1.165, 1.54) is 0 Å². The molecule has 0 aliphatic carbocycles. The number of benzene rings is 1. The summed E-state index contributed by atoms with van der Waals surface area (Å²) >= 11 is 0. The topological polar surface area (TPSA) is 58.2 Å². The van der Waals surface area contributed by atoms with E-state index in [0.717, 1.165) is 6.07 Å². The van der Waals surface area contributed by atoms with E-state index in [-0.39, 0.29) is 5.75 Å². The van der Waals surface area contributed by atoms with Crippen LogP contribution in [0.3, 0.4) is 0 Å². The highest BCUT2D eigenvalue weighted by atomic mass is 32.2. The van der Waals surface area contributed by atoms with Crippen molar-refractivity contribution >= 4 is 15.7 Å². The summed E-state index contributed by atoms with van der Waals surface area (Å²) in [4.78, 5) is 0. The third kappa shape index (κ3) is 4.71. The van der Waals surface area contributed by atoms with Crippen LogP contribution in [-0.2, 0) is 10.0 Å². The summed E-state index contributed by atoms with van der Waals surface area (Å²) in [5, 5.41) is 2.86. The number of hydrogen-bond donors (Lipinski definition) is 2. The summed E-state index contributed by atoms with van der Waals surface area (Å²) < 4.78 is 64.0. The zero-order valence-corrected chi connectivity index (χ0v) is 11.2. The van der Waals surface area contributed by atoms with Crippen molar-refractivity contribution in [2.45, 2.75) is 12.8 Å². The van der Waals surface area contributed by atoms with Gasteiger partial charge in [0, 0.05) is 0 Å². The fourth-order valence-electron chi connectivity index (χ4n) is 1.42. The van der Waals surface area contributed by atoms with Crippen molar-refractivity contribution < 1.29 is 21.6 Å². The molecule has 0 saturated carbocycles. The minimum absolute atomic E-state index is 0.215. The Morgan fingerprint density at radius 1 is 1.11 bits per heavy atom. The van der Waals surface area contributed by atoms with Crippen LogP contribution in [0.4, 0.5) is 18.9 Å². The maximum absolute atomic E-state index is 13.3. The van der Waals surface area contributed by atoms with E-state index in [9.17, 15) is 21.6 Å². The molecule has 0 amide bonds. The lowest BCUT2D eigenvalue weighted by Gasteiger charge is -2.09. The molecule has 0 bridgehead atoms. The van der Waals surface area contributed by atoms with Gasteiger partial charge in [-0.25, -0.2) is 21.6 Å². The van der Waals surface area contributed by atoms with Crippen LogP contribution in [0, 0.1) is 17.5 Å². The summed E-state index contributed by atoms with van der Waals surface area (Å²) in [6, 6.07) is 1.51. The largest absolute Gasteiger partial charge is 0.320 e. The maximum Gasteiger partial charge on any atom is 0.232 e. The zero-order chi connectivity index (χ0) is 14.5. The molecule has 0 unspecified atom stereocenters. The van der Waals surface area contributed by atoms with Gasteiger partial charge in [-0.15, -0.1) is 0 Å². The van der Waals surface area contributed by atoms with Crippen LogP contribution < -0.4 is 10.0 Å². The number of unbranched alkanes of at least 4 members (excludes halogenated alkanes) is 1. The second-order valence-corrected chi connectivity index (χ2v) is 5.80. The van der Waals surface area contributed by atoms with Gasteiger partial charge in [-0.3, -0.25) is 4.72 Å². The van der Waals surface area contributed by atoms with Crippen LogP contribution in [-0.4, -0.2) is 27.8 Å². The third-order valence-corrected chi connectivity index (χ3v) is 3.75. The lowest BCUT2D eigenvalue weighted by atomic mass is 10.3. The second-order valence-electron chi connectivity index (χ2n) is 3.95. The summed E-state index contributed by atoms with van der Waals surface area (Å²) in [7, 11) is -2.03. The van der Waals surface area contributed by atoms with Gasteiger partial charge in [0.25, 0.3) is 0 Å². The standard InChI is InChI=1S/C11H15F3N2O2S/c1-15-6-2-3-7-19(17,18)16-9-5-4-8(12)10(13)11(9)14/h4-5,15-16H,2-3,6-7H2,1H3. The number of rotatable bonds is 7. The van der Waals surface area contributed by atoms with Crippen LogP contribution >= 0.6 is 0 Å². The van der Waals surface area contributed by atoms with Gasteiger partial charge in [0.15, 0.2) is 17.5 Å². The first kappa shape index (κ1) is 15.8. The van der Waals surface area contributed by atoms with Gasteiger partial charge in [-0.05, 0) is 38.6 Å². The highest BCUT2D eigenvalue weighted by Crippen LogP contribution is 2.20. The number of anilines is 1.